The molecule has 0 bridgehead atoms. The Morgan fingerprint density at radius 2 is 1.95 bits per heavy atom. The lowest BCUT2D eigenvalue weighted by Gasteiger charge is -2.19. The molecule has 0 amide bonds. The van der Waals surface area contributed by atoms with Crippen LogP contribution in [0.3, 0.4) is 0 Å². The van der Waals surface area contributed by atoms with Gasteiger partial charge < -0.3 is 9.84 Å². The summed E-state index contributed by atoms with van der Waals surface area (Å²) in [5.74, 6) is 3.34. The molecule has 4 heteroatoms. The molecule has 2 nitrogen and oxygen atoms in total. The first-order valence-electron chi connectivity index (χ1n) is 6.37. The molecule has 1 unspecified atom stereocenters. The zero-order chi connectivity index (χ0) is 15.7. The maximum absolute atomic E-state index is 10.6. The number of hydrogen-bond acceptors (Lipinski definition) is 4. The van der Waals surface area contributed by atoms with Crippen LogP contribution in [0.15, 0.2) is 40.7 Å². The summed E-state index contributed by atoms with van der Waals surface area (Å²) in [7, 11) is 1.63. The van der Waals surface area contributed by atoms with E-state index < -0.39 is 5.60 Å². The molecule has 0 aliphatic heterocycles. The Balaban J connectivity index is 2.98. The van der Waals surface area contributed by atoms with Gasteiger partial charge in [-0.05, 0) is 42.4 Å². The Hall–Kier alpha value is -1.28. The van der Waals surface area contributed by atoms with Gasteiger partial charge in [0.1, 0.15) is 11.4 Å². The van der Waals surface area contributed by atoms with Crippen LogP contribution in [0.4, 0.5) is 0 Å². The monoisotopic (exact) mass is 320 g/mol. The molecule has 1 atom stereocenters. The highest BCUT2D eigenvalue weighted by molar-refractivity contribution is 8.21. The van der Waals surface area contributed by atoms with E-state index in [1.165, 1.54) is 0 Å². The normalized spacial score (nSPS) is 13.5. The van der Waals surface area contributed by atoms with Crippen molar-refractivity contribution in [3.05, 3.63) is 46.2 Å². The third-order valence-corrected chi connectivity index (χ3v) is 4.88. The summed E-state index contributed by atoms with van der Waals surface area (Å²) < 4.78 is 6.15. The average Bonchev–Trinajstić information content (AvgIpc) is 2.51. The SMILES string of the molecule is C#CCC(O)(C=C(SC)SC)/C=C/c1ccc(OC)cc1. The Bertz CT molecular complexity index is 535. The van der Waals surface area contributed by atoms with Gasteiger partial charge in [-0.25, -0.2) is 0 Å². The minimum absolute atomic E-state index is 0.240. The van der Waals surface area contributed by atoms with E-state index in [4.69, 9.17) is 11.2 Å². The van der Waals surface area contributed by atoms with Gasteiger partial charge in [0.25, 0.3) is 0 Å². The number of ether oxygens (including phenoxy) is 1. The quantitative estimate of drug-likeness (QED) is 0.768. The number of methoxy groups -OCH3 is 1. The molecule has 1 rings (SSSR count). The van der Waals surface area contributed by atoms with E-state index in [1.54, 1.807) is 36.7 Å². The molecule has 0 aromatic heterocycles. The van der Waals surface area contributed by atoms with Gasteiger partial charge in [0.15, 0.2) is 0 Å². The fourth-order valence-corrected chi connectivity index (χ4v) is 2.99. The van der Waals surface area contributed by atoms with E-state index in [0.717, 1.165) is 15.6 Å². The third-order valence-electron chi connectivity index (χ3n) is 2.84. The highest BCUT2D eigenvalue weighted by Gasteiger charge is 2.20. The van der Waals surface area contributed by atoms with E-state index in [-0.39, 0.29) is 6.42 Å². The van der Waals surface area contributed by atoms with Crippen molar-refractivity contribution < 1.29 is 9.84 Å². The van der Waals surface area contributed by atoms with Crippen LogP contribution in [0.5, 0.6) is 5.75 Å². The largest absolute Gasteiger partial charge is 0.497 e. The smallest absolute Gasteiger partial charge is 0.118 e. The van der Waals surface area contributed by atoms with Crippen molar-refractivity contribution in [3.8, 4) is 18.1 Å². The molecular formula is C17H20O2S2. The molecule has 0 saturated carbocycles. The first kappa shape index (κ1) is 17.8. The maximum atomic E-state index is 10.6. The topological polar surface area (TPSA) is 29.5 Å². The van der Waals surface area contributed by atoms with Crippen LogP contribution in [0.2, 0.25) is 0 Å². The Kier molecular flexibility index (Phi) is 7.52. The van der Waals surface area contributed by atoms with Crippen LogP contribution >= 0.6 is 23.5 Å². The summed E-state index contributed by atoms with van der Waals surface area (Å²) in [6.45, 7) is 0. The van der Waals surface area contributed by atoms with Crippen molar-refractivity contribution in [2.24, 2.45) is 0 Å². The molecule has 112 valence electrons. The molecule has 0 aliphatic carbocycles. The van der Waals surface area contributed by atoms with Crippen molar-refractivity contribution in [2.45, 2.75) is 12.0 Å². The van der Waals surface area contributed by atoms with Crippen LogP contribution in [0.25, 0.3) is 6.08 Å². The van der Waals surface area contributed by atoms with Crippen LogP contribution in [0.1, 0.15) is 12.0 Å². The summed E-state index contributed by atoms with van der Waals surface area (Å²) in [6, 6.07) is 7.62. The predicted octanol–water partition coefficient (Wildman–Crippen LogP) is 4.03. The molecule has 1 aromatic rings. The molecule has 0 spiro atoms. The Morgan fingerprint density at radius 3 is 2.43 bits per heavy atom. The molecule has 0 fully saturated rings. The number of hydrogen-bond donors (Lipinski definition) is 1. The molecule has 0 heterocycles. The summed E-state index contributed by atoms with van der Waals surface area (Å²) >= 11 is 3.19. The second-order valence-electron chi connectivity index (χ2n) is 4.35. The first-order chi connectivity index (χ1) is 10.1. The van der Waals surface area contributed by atoms with Crippen molar-refractivity contribution >= 4 is 29.6 Å². The van der Waals surface area contributed by atoms with Crippen LogP contribution in [0, 0.1) is 12.3 Å². The van der Waals surface area contributed by atoms with E-state index in [9.17, 15) is 5.11 Å². The van der Waals surface area contributed by atoms with Crippen molar-refractivity contribution in [2.75, 3.05) is 19.6 Å². The minimum atomic E-state index is -1.13. The molecule has 0 saturated heterocycles. The van der Waals surface area contributed by atoms with Crippen LogP contribution in [-0.4, -0.2) is 30.3 Å². The molecule has 0 aliphatic rings. The molecular weight excluding hydrogens is 300 g/mol. The molecule has 1 N–H and O–H groups in total. The number of thioether (sulfide) groups is 2. The van der Waals surface area contributed by atoms with Gasteiger partial charge in [-0.3, -0.25) is 0 Å². The minimum Gasteiger partial charge on any atom is -0.497 e. The lowest BCUT2D eigenvalue weighted by Crippen LogP contribution is -2.22. The number of benzene rings is 1. The zero-order valence-electron chi connectivity index (χ0n) is 12.5. The maximum Gasteiger partial charge on any atom is 0.118 e. The summed E-state index contributed by atoms with van der Waals surface area (Å²) in [5, 5.41) is 10.6. The van der Waals surface area contributed by atoms with E-state index >= 15 is 0 Å². The second-order valence-corrected chi connectivity index (χ2v) is 6.30. The van der Waals surface area contributed by atoms with Gasteiger partial charge in [0.05, 0.1) is 7.11 Å². The number of terminal acetylenes is 1. The zero-order valence-corrected chi connectivity index (χ0v) is 14.1. The van der Waals surface area contributed by atoms with Gasteiger partial charge in [0.2, 0.25) is 0 Å². The van der Waals surface area contributed by atoms with Gasteiger partial charge in [-0.2, -0.15) is 0 Å². The van der Waals surface area contributed by atoms with Gasteiger partial charge in [0, 0.05) is 10.7 Å². The van der Waals surface area contributed by atoms with Gasteiger partial charge in [-0.15, -0.1) is 35.9 Å². The molecule has 1 aromatic carbocycles. The van der Waals surface area contributed by atoms with Crippen LogP contribution < -0.4 is 4.74 Å². The standard InChI is InChI=1S/C17H20O2S2/c1-5-11-17(18,13-16(20-3)21-4)12-10-14-6-8-15(19-2)9-7-14/h1,6-10,12-13,18H,11H2,2-4H3/b12-10+. The predicted molar refractivity (Wildman–Crippen MR) is 95.5 cm³/mol. The average molecular weight is 320 g/mol. The van der Waals surface area contributed by atoms with Gasteiger partial charge in [-0.1, -0.05) is 18.2 Å². The second kappa shape index (κ2) is 8.89. The summed E-state index contributed by atoms with van der Waals surface area (Å²) in [6.07, 6.45) is 15.0. The highest BCUT2D eigenvalue weighted by Crippen LogP contribution is 2.29. The summed E-state index contributed by atoms with van der Waals surface area (Å²) in [4.78, 5) is 0. The highest BCUT2D eigenvalue weighted by atomic mass is 32.2. The first-order valence-corrected chi connectivity index (χ1v) is 8.82. The van der Waals surface area contributed by atoms with Gasteiger partial charge >= 0.3 is 0 Å². The van der Waals surface area contributed by atoms with Crippen molar-refractivity contribution in [1.29, 1.82) is 0 Å². The fraction of sp³-hybridized carbons (Fsp3) is 0.294. The van der Waals surface area contributed by atoms with Crippen molar-refractivity contribution in [3.63, 3.8) is 0 Å². The third kappa shape index (κ3) is 5.92. The number of aliphatic hydroxyl groups is 1. The van der Waals surface area contributed by atoms with Crippen molar-refractivity contribution in [1.82, 2.24) is 0 Å². The Morgan fingerprint density at radius 1 is 1.33 bits per heavy atom. The Labute approximate surface area is 135 Å². The number of rotatable bonds is 7. The van der Waals surface area contributed by atoms with E-state index in [2.05, 4.69) is 5.92 Å². The molecule has 21 heavy (non-hydrogen) atoms. The fourth-order valence-electron chi connectivity index (χ4n) is 1.68. The lowest BCUT2D eigenvalue weighted by molar-refractivity contribution is 0.149. The summed E-state index contributed by atoms with van der Waals surface area (Å²) in [5.41, 5.74) is -0.148. The van der Waals surface area contributed by atoms with Crippen LogP contribution in [-0.2, 0) is 0 Å². The van der Waals surface area contributed by atoms with E-state index in [0.29, 0.717) is 0 Å². The molecule has 0 radical (unpaired) electrons. The lowest BCUT2D eigenvalue weighted by atomic mass is 9.98. The van der Waals surface area contributed by atoms with E-state index in [1.807, 2.05) is 48.9 Å².